The maximum absolute atomic E-state index is 12.3. The lowest BCUT2D eigenvalue weighted by atomic mass is 10.1. The second kappa shape index (κ2) is 7.96. The normalized spacial score (nSPS) is 14.8. The summed E-state index contributed by atoms with van der Waals surface area (Å²) in [5.74, 6) is -3.12. The molecular formula is C14H19O7P. The van der Waals surface area contributed by atoms with Crippen molar-refractivity contribution < 1.29 is 34.0 Å². The quantitative estimate of drug-likeness (QED) is 0.592. The fourth-order valence-electron chi connectivity index (χ4n) is 2.10. The molecule has 0 heterocycles. The van der Waals surface area contributed by atoms with Gasteiger partial charge in [-0.15, -0.1) is 0 Å². The van der Waals surface area contributed by atoms with E-state index in [9.17, 15) is 19.0 Å². The van der Waals surface area contributed by atoms with Crippen LogP contribution in [-0.4, -0.2) is 40.3 Å². The lowest BCUT2D eigenvalue weighted by Crippen LogP contribution is -2.20. The van der Waals surface area contributed by atoms with Gasteiger partial charge in [-0.1, -0.05) is 18.2 Å². The van der Waals surface area contributed by atoms with Gasteiger partial charge in [-0.25, -0.2) is 0 Å². The maximum atomic E-state index is 12.3. The third-order valence-corrected chi connectivity index (χ3v) is 5.02. The Morgan fingerprint density at radius 1 is 1.27 bits per heavy atom. The van der Waals surface area contributed by atoms with Crippen molar-refractivity contribution in [3.05, 3.63) is 29.8 Å². The van der Waals surface area contributed by atoms with Crippen molar-refractivity contribution in [2.24, 2.45) is 5.92 Å². The summed E-state index contributed by atoms with van der Waals surface area (Å²) >= 11 is 0. The highest BCUT2D eigenvalue weighted by Gasteiger charge is 2.30. The highest BCUT2D eigenvalue weighted by molar-refractivity contribution is 7.57. The van der Waals surface area contributed by atoms with E-state index < -0.39 is 31.4 Å². The zero-order valence-electron chi connectivity index (χ0n) is 12.1. The second-order valence-corrected chi connectivity index (χ2v) is 7.34. The van der Waals surface area contributed by atoms with Crippen LogP contribution in [0.15, 0.2) is 24.3 Å². The number of carbonyl (C=O) groups is 2. The summed E-state index contributed by atoms with van der Waals surface area (Å²) in [5.41, 5.74) is 0.512. The summed E-state index contributed by atoms with van der Waals surface area (Å²) in [6.45, 7) is 0. The fourth-order valence-corrected chi connectivity index (χ4v) is 4.05. The molecule has 0 spiro atoms. The molecule has 8 heteroatoms. The first-order valence-electron chi connectivity index (χ1n) is 6.62. The number of hydrogen-bond donors (Lipinski definition) is 3. The molecule has 0 aliphatic heterocycles. The predicted octanol–water partition coefficient (Wildman–Crippen LogP) is 2.03. The van der Waals surface area contributed by atoms with Crippen LogP contribution in [-0.2, 0) is 20.3 Å². The van der Waals surface area contributed by atoms with Crippen molar-refractivity contribution in [1.82, 2.24) is 0 Å². The van der Waals surface area contributed by atoms with Gasteiger partial charge < -0.3 is 19.8 Å². The average Bonchev–Trinajstić information content (AvgIpc) is 2.43. The Hall–Kier alpha value is -1.85. The van der Waals surface area contributed by atoms with Gasteiger partial charge in [-0.3, -0.25) is 14.2 Å². The first-order valence-corrected chi connectivity index (χ1v) is 8.65. The first-order chi connectivity index (χ1) is 10.2. The summed E-state index contributed by atoms with van der Waals surface area (Å²) in [5, 5.41) is 17.7. The van der Waals surface area contributed by atoms with Crippen LogP contribution in [0.5, 0.6) is 5.75 Å². The number of rotatable bonds is 9. The number of carboxylic acid groups (broad SMARTS) is 2. The monoisotopic (exact) mass is 330 g/mol. The Labute approximate surface area is 128 Å². The molecule has 0 aromatic heterocycles. The smallest absolute Gasteiger partial charge is 0.307 e. The highest BCUT2D eigenvalue weighted by Crippen LogP contribution is 2.48. The third-order valence-electron chi connectivity index (χ3n) is 3.17. The minimum absolute atomic E-state index is 0.179. The van der Waals surface area contributed by atoms with Crippen molar-refractivity contribution in [2.45, 2.75) is 19.0 Å². The summed E-state index contributed by atoms with van der Waals surface area (Å²) < 4.78 is 17.4. The molecule has 0 saturated carbocycles. The van der Waals surface area contributed by atoms with E-state index in [1.165, 1.54) is 7.11 Å². The number of aliphatic carboxylic acids is 2. The van der Waals surface area contributed by atoms with E-state index in [4.69, 9.17) is 14.9 Å². The van der Waals surface area contributed by atoms with Gasteiger partial charge in [0, 0.05) is 18.1 Å². The number of para-hydroxylation sites is 1. The minimum Gasteiger partial charge on any atom is -0.496 e. The van der Waals surface area contributed by atoms with Gasteiger partial charge in [0.2, 0.25) is 7.37 Å². The van der Waals surface area contributed by atoms with Crippen molar-refractivity contribution in [1.29, 1.82) is 0 Å². The SMILES string of the molecule is COc1ccccc1CP(=O)(O)CC(CCC(=O)O)C(=O)O. The number of methoxy groups -OCH3 is 1. The van der Waals surface area contributed by atoms with E-state index in [1.54, 1.807) is 24.3 Å². The first kappa shape index (κ1) is 18.2. The van der Waals surface area contributed by atoms with Crippen molar-refractivity contribution in [3.63, 3.8) is 0 Å². The third kappa shape index (κ3) is 5.87. The molecule has 3 N–H and O–H groups in total. The number of hydrogen-bond acceptors (Lipinski definition) is 4. The fraction of sp³-hybridized carbons (Fsp3) is 0.429. The molecule has 2 unspecified atom stereocenters. The number of benzene rings is 1. The summed E-state index contributed by atoms with van der Waals surface area (Å²) in [7, 11) is -2.34. The molecule has 1 aromatic rings. The number of ether oxygens (including phenoxy) is 1. The molecule has 7 nitrogen and oxygen atoms in total. The lowest BCUT2D eigenvalue weighted by Gasteiger charge is -2.18. The topological polar surface area (TPSA) is 121 Å². The standard InChI is InChI=1S/C14H19O7P/c1-21-12-5-3-2-4-10(12)8-22(19,20)9-11(14(17)18)6-7-13(15)16/h2-5,11H,6-9H2,1H3,(H,15,16)(H,17,18)(H,19,20). The average molecular weight is 330 g/mol. The molecular weight excluding hydrogens is 311 g/mol. The minimum atomic E-state index is -3.78. The predicted molar refractivity (Wildman–Crippen MR) is 79.4 cm³/mol. The molecule has 0 aliphatic carbocycles. The van der Waals surface area contributed by atoms with Crippen LogP contribution in [0.4, 0.5) is 0 Å². The summed E-state index contributed by atoms with van der Waals surface area (Å²) in [4.78, 5) is 31.7. The van der Waals surface area contributed by atoms with Gasteiger partial charge in [0.15, 0.2) is 0 Å². The van der Waals surface area contributed by atoms with Gasteiger partial charge in [0.1, 0.15) is 5.75 Å². The largest absolute Gasteiger partial charge is 0.496 e. The van der Waals surface area contributed by atoms with Crippen molar-refractivity contribution in [2.75, 3.05) is 13.3 Å². The van der Waals surface area contributed by atoms with Gasteiger partial charge in [0.25, 0.3) is 0 Å². The molecule has 0 aliphatic rings. The molecule has 1 rings (SSSR count). The number of carboxylic acids is 2. The Morgan fingerprint density at radius 3 is 2.45 bits per heavy atom. The molecule has 0 fully saturated rings. The van der Waals surface area contributed by atoms with E-state index in [1.807, 2.05) is 0 Å². The molecule has 122 valence electrons. The molecule has 0 bridgehead atoms. The van der Waals surface area contributed by atoms with Crippen LogP contribution >= 0.6 is 7.37 Å². The van der Waals surface area contributed by atoms with Crippen LogP contribution in [0, 0.1) is 5.92 Å². The van der Waals surface area contributed by atoms with E-state index >= 15 is 0 Å². The Kier molecular flexibility index (Phi) is 6.59. The van der Waals surface area contributed by atoms with Crippen LogP contribution in [0.2, 0.25) is 0 Å². The van der Waals surface area contributed by atoms with E-state index in [2.05, 4.69) is 0 Å². The Balaban J connectivity index is 2.81. The zero-order chi connectivity index (χ0) is 16.8. The van der Waals surface area contributed by atoms with E-state index in [0.29, 0.717) is 11.3 Å². The molecule has 2 atom stereocenters. The Morgan fingerprint density at radius 2 is 1.91 bits per heavy atom. The van der Waals surface area contributed by atoms with Crippen LogP contribution < -0.4 is 4.74 Å². The van der Waals surface area contributed by atoms with Gasteiger partial charge in [0.05, 0.1) is 19.2 Å². The van der Waals surface area contributed by atoms with Crippen LogP contribution in [0.3, 0.4) is 0 Å². The van der Waals surface area contributed by atoms with Crippen molar-refractivity contribution >= 4 is 19.3 Å². The van der Waals surface area contributed by atoms with Gasteiger partial charge in [-0.2, -0.15) is 0 Å². The van der Waals surface area contributed by atoms with Gasteiger partial charge in [-0.05, 0) is 12.5 Å². The molecule has 0 saturated heterocycles. The molecule has 0 amide bonds. The maximum Gasteiger partial charge on any atom is 0.307 e. The zero-order valence-corrected chi connectivity index (χ0v) is 13.0. The lowest BCUT2D eigenvalue weighted by molar-refractivity contribution is -0.142. The molecule has 0 radical (unpaired) electrons. The van der Waals surface area contributed by atoms with E-state index in [-0.39, 0.29) is 19.0 Å². The van der Waals surface area contributed by atoms with E-state index in [0.717, 1.165) is 0 Å². The second-order valence-electron chi connectivity index (χ2n) is 4.97. The summed E-state index contributed by atoms with van der Waals surface area (Å²) in [6, 6.07) is 6.69. The Bertz CT molecular complexity index is 584. The molecule has 1 aromatic carbocycles. The highest BCUT2D eigenvalue weighted by atomic mass is 31.2. The van der Waals surface area contributed by atoms with Crippen LogP contribution in [0.1, 0.15) is 18.4 Å². The van der Waals surface area contributed by atoms with Gasteiger partial charge >= 0.3 is 11.9 Å². The summed E-state index contributed by atoms with van der Waals surface area (Å²) in [6.07, 6.45) is -1.21. The van der Waals surface area contributed by atoms with Crippen LogP contribution in [0.25, 0.3) is 0 Å². The van der Waals surface area contributed by atoms with Crippen molar-refractivity contribution in [3.8, 4) is 5.75 Å². The molecule has 22 heavy (non-hydrogen) atoms.